The maximum absolute atomic E-state index is 13.3. The summed E-state index contributed by atoms with van der Waals surface area (Å²) in [5.74, 6) is -1.73. The van der Waals surface area contributed by atoms with Crippen LogP contribution in [0.5, 0.6) is 0 Å². The van der Waals surface area contributed by atoms with Crippen LogP contribution in [-0.4, -0.2) is 48.9 Å². The number of carbonyl (C=O) groups excluding carboxylic acids is 1. The number of aryl methyl sites for hydroxylation is 1. The third kappa shape index (κ3) is 6.43. The van der Waals surface area contributed by atoms with Gasteiger partial charge in [0.1, 0.15) is 17.6 Å². The number of benzene rings is 1. The molecule has 0 saturated carbocycles. The Bertz CT molecular complexity index is 1010. The van der Waals surface area contributed by atoms with E-state index >= 15 is 0 Å². The van der Waals surface area contributed by atoms with Gasteiger partial charge >= 0.3 is 5.97 Å². The van der Waals surface area contributed by atoms with Crippen molar-refractivity contribution in [2.75, 3.05) is 7.11 Å². The fourth-order valence-corrected chi connectivity index (χ4v) is 3.00. The number of aromatic nitrogens is 2. The molecule has 158 valence electrons. The van der Waals surface area contributed by atoms with E-state index in [1.165, 1.54) is 12.1 Å². The Balaban J connectivity index is 2.24. The zero-order valence-electron chi connectivity index (χ0n) is 14.8. The minimum absolute atomic E-state index is 0.0350. The van der Waals surface area contributed by atoms with Gasteiger partial charge in [-0.15, -0.1) is 0 Å². The minimum Gasteiger partial charge on any atom is -0.468 e. The number of hydroxylamine groups is 1. The number of hydrogen-bond acceptors (Lipinski definition) is 9. The number of hydrogen-bond donors (Lipinski definition) is 4. The first kappa shape index (κ1) is 22.6. The molecule has 1 atom stereocenters. The highest BCUT2D eigenvalue weighted by Gasteiger charge is 2.25. The van der Waals surface area contributed by atoms with Crippen LogP contribution in [0.15, 0.2) is 27.8 Å². The standard InChI is InChI=1S/C14H16ClFN6O6S/c1-27-14(23)11(22-29(17,25)26)5-4-10-12(21-28-20-10)13(19-24)18-7-2-3-9(16)8(15)6-7/h2-3,6,11,22,24H,4-5H2,1H3,(H,18,19)(H2,17,25,26)/t11-/m0/s1. The summed E-state index contributed by atoms with van der Waals surface area (Å²) in [7, 11) is -3.10. The van der Waals surface area contributed by atoms with E-state index in [1.807, 2.05) is 10.2 Å². The summed E-state index contributed by atoms with van der Waals surface area (Å²) in [6.07, 6.45) is -0.155. The highest BCUT2D eigenvalue weighted by molar-refractivity contribution is 7.87. The number of rotatable bonds is 8. The smallest absolute Gasteiger partial charge is 0.323 e. The number of nitrogens with one attached hydrogen (secondary N) is 2. The number of nitrogens with two attached hydrogens (primary N) is 1. The van der Waals surface area contributed by atoms with Crippen LogP contribution in [0.2, 0.25) is 5.02 Å². The Labute approximate surface area is 169 Å². The zero-order valence-corrected chi connectivity index (χ0v) is 16.4. The van der Waals surface area contributed by atoms with Gasteiger partial charge in [-0.1, -0.05) is 16.8 Å². The second-order valence-electron chi connectivity index (χ2n) is 5.51. The van der Waals surface area contributed by atoms with Crippen LogP contribution >= 0.6 is 11.6 Å². The van der Waals surface area contributed by atoms with E-state index in [1.54, 1.807) is 0 Å². The highest BCUT2D eigenvalue weighted by atomic mass is 35.5. The van der Waals surface area contributed by atoms with Crippen molar-refractivity contribution in [2.45, 2.75) is 18.9 Å². The molecule has 0 spiro atoms. The van der Waals surface area contributed by atoms with Crippen molar-refractivity contribution in [3.05, 3.63) is 40.4 Å². The number of aliphatic imine (C=N–C) groups is 1. The van der Waals surface area contributed by atoms with Crippen LogP contribution < -0.4 is 15.3 Å². The second kappa shape index (κ2) is 9.71. The molecule has 29 heavy (non-hydrogen) atoms. The number of esters is 1. The third-order valence-electron chi connectivity index (χ3n) is 3.49. The van der Waals surface area contributed by atoms with Gasteiger partial charge in [-0.25, -0.2) is 19.2 Å². The number of amidine groups is 1. The molecule has 1 aromatic heterocycles. The van der Waals surface area contributed by atoms with Crippen molar-refractivity contribution < 1.29 is 32.2 Å². The average molecular weight is 451 g/mol. The monoisotopic (exact) mass is 450 g/mol. The Morgan fingerprint density at radius 3 is 2.79 bits per heavy atom. The molecule has 0 aliphatic carbocycles. The predicted molar refractivity (Wildman–Crippen MR) is 97.2 cm³/mol. The first-order valence-corrected chi connectivity index (χ1v) is 9.70. The van der Waals surface area contributed by atoms with Gasteiger partial charge in [0, 0.05) is 0 Å². The Kier molecular flexibility index (Phi) is 7.58. The molecule has 5 N–H and O–H groups in total. The van der Waals surface area contributed by atoms with Crippen molar-refractivity contribution >= 4 is 39.3 Å². The Morgan fingerprint density at radius 1 is 1.48 bits per heavy atom. The molecule has 0 aliphatic rings. The van der Waals surface area contributed by atoms with Gasteiger partial charge < -0.3 is 4.74 Å². The van der Waals surface area contributed by atoms with Crippen LogP contribution in [0, 0.1) is 5.82 Å². The molecule has 0 unspecified atom stereocenters. The molecule has 1 heterocycles. The highest BCUT2D eigenvalue weighted by Crippen LogP contribution is 2.22. The first-order valence-electron chi connectivity index (χ1n) is 7.78. The molecule has 0 aliphatic heterocycles. The summed E-state index contributed by atoms with van der Waals surface area (Å²) in [5.41, 5.74) is 2.09. The van der Waals surface area contributed by atoms with Gasteiger partial charge in [0.15, 0.2) is 11.5 Å². The lowest BCUT2D eigenvalue weighted by Crippen LogP contribution is -2.44. The summed E-state index contributed by atoms with van der Waals surface area (Å²) in [6, 6.07) is 2.30. The number of carbonyl (C=O) groups is 1. The van der Waals surface area contributed by atoms with E-state index in [0.29, 0.717) is 0 Å². The molecule has 2 aromatic rings. The quantitative estimate of drug-likeness (QED) is 0.189. The predicted octanol–water partition coefficient (Wildman–Crippen LogP) is 0.187. The Hall–Kier alpha value is -2.65. The molecule has 0 saturated heterocycles. The summed E-state index contributed by atoms with van der Waals surface area (Å²) >= 11 is 5.69. The fourth-order valence-electron chi connectivity index (χ4n) is 2.21. The van der Waals surface area contributed by atoms with E-state index in [2.05, 4.69) is 24.7 Å². The van der Waals surface area contributed by atoms with Crippen LogP contribution in [0.25, 0.3) is 0 Å². The molecule has 2 rings (SSSR count). The third-order valence-corrected chi connectivity index (χ3v) is 4.40. The lowest BCUT2D eigenvalue weighted by atomic mass is 10.1. The van der Waals surface area contributed by atoms with Gasteiger partial charge in [0.2, 0.25) is 0 Å². The summed E-state index contributed by atoms with van der Waals surface area (Å²) < 4.78 is 46.8. The van der Waals surface area contributed by atoms with E-state index < -0.39 is 28.0 Å². The lowest BCUT2D eigenvalue weighted by Gasteiger charge is -2.14. The molecule has 0 bridgehead atoms. The molecular formula is C14H16ClFN6O6S. The van der Waals surface area contributed by atoms with Crippen molar-refractivity contribution in [3.63, 3.8) is 0 Å². The van der Waals surface area contributed by atoms with Gasteiger partial charge in [-0.05, 0) is 36.2 Å². The van der Waals surface area contributed by atoms with Crippen molar-refractivity contribution in [1.29, 1.82) is 0 Å². The Morgan fingerprint density at radius 2 is 2.21 bits per heavy atom. The van der Waals surface area contributed by atoms with Crippen molar-refractivity contribution in [1.82, 2.24) is 20.5 Å². The van der Waals surface area contributed by atoms with Crippen molar-refractivity contribution in [2.24, 2.45) is 10.1 Å². The number of halogens is 2. The van der Waals surface area contributed by atoms with Gasteiger partial charge in [0.25, 0.3) is 10.2 Å². The molecule has 12 nitrogen and oxygen atoms in total. The van der Waals surface area contributed by atoms with E-state index in [4.69, 9.17) is 16.7 Å². The van der Waals surface area contributed by atoms with E-state index in [9.17, 15) is 22.8 Å². The fraction of sp³-hybridized carbons (Fsp3) is 0.286. The average Bonchev–Trinajstić information content (AvgIpc) is 3.12. The number of ether oxygens (including phenoxy) is 1. The topological polar surface area (TPSA) is 182 Å². The minimum atomic E-state index is -4.18. The lowest BCUT2D eigenvalue weighted by molar-refractivity contribution is -0.142. The van der Waals surface area contributed by atoms with Crippen LogP contribution in [0.3, 0.4) is 0 Å². The summed E-state index contributed by atoms with van der Waals surface area (Å²) in [5, 5.41) is 21.4. The largest absolute Gasteiger partial charge is 0.468 e. The molecule has 0 amide bonds. The zero-order chi connectivity index (χ0) is 21.6. The first-order chi connectivity index (χ1) is 13.6. The molecular weight excluding hydrogens is 435 g/mol. The molecule has 0 radical (unpaired) electrons. The van der Waals surface area contributed by atoms with E-state index in [0.717, 1.165) is 13.2 Å². The van der Waals surface area contributed by atoms with Crippen molar-refractivity contribution in [3.8, 4) is 0 Å². The van der Waals surface area contributed by atoms with Crippen LogP contribution in [0.1, 0.15) is 17.8 Å². The summed E-state index contributed by atoms with van der Waals surface area (Å²) in [6.45, 7) is 0. The summed E-state index contributed by atoms with van der Waals surface area (Å²) in [4.78, 5) is 15.8. The maximum atomic E-state index is 13.3. The number of methoxy groups -OCH3 is 1. The van der Waals surface area contributed by atoms with Gasteiger partial charge in [-0.2, -0.15) is 13.1 Å². The molecule has 0 fully saturated rings. The van der Waals surface area contributed by atoms with Gasteiger partial charge in [-0.3, -0.25) is 15.5 Å². The van der Waals surface area contributed by atoms with Crippen LogP contribution in [-0.2, 0) is 26.2 Å². The molecule has 1 aromatic carbocycles. The van der Waals surface area contributed by atoms with Gasteiger partial charge in [0.05, 0.1) is 17.8 Å². The SMILES string of the molecule is COC(=O)[C@H](CCc1nonc1C(=Nc1ccc(F)c(Cl)c1)NO)NS(N)(=O)=O. The maximum Gasteiger partial charge on any atom is 0.323 e. The second-order valence-corrected chi connectivity index (χ2v) is 7.24. The number of nitrogens with zero attached hydrogens (tertiary/aromatic N) is 3. The normalized spacial score (nSPS) is 13.2. The van der Waals surface area contributed by atoms with Crippen LogP contribution in [0.4, 0.5) is 10.1 Å². The van der Waals surface area contributed by atoms with E-state index in [-0.39, 0.29) is 40.8 Å². The molecule has 15 heteroatoms.